The standard InChI is InChI=1S/C10H9BrN2O2/c1-2-7-9(14)12-8-4-3-6(11)5-13(8)10(7)15/h3-5,7H,2H2,1H3. The van der Waals surface area contributed by atoms with Crippen LogP contribution in [0.2, 0.25) is 0 Å². The molecule has 78 valence electrons. The molecule has 0 aromatic carbocycles. The summed E-state index contributed by atoms with van der Waals surface area (Å²) in [5.41, 5.74) is 0. The monoisotopic (exact) mass is 268 g/mol. The number of rotatable bonds is 1. The lowest BCUT2D eigenvalue weighted by atomic mass is 10.0. The summed E-state index contributed by atoms with van der Waals surface area (Å²) in [6, 6.07) is 0. The quantitative estimate of drug-likeness (QED) is 0.679. The van der Waals surface area contributed by atoms with Crippen LogP contribution >= 0.6 is 15.9 Å². The minimum atomic E-state index is -0.628. The molecule has 2 heterocycles. The lowest BCUT2D eigenvalue weighted by Gasteiger charge is -2.28. The molecule has 2 rings (SSSR count). The number of fused-ring (bicyclic) bond motifs is 1. The summed E-state index contributed by atoms with van der Waals surface area (Å²) in [5.74, 6) is -0.770. The van der Waals surface area contributed by atoms with Gasteiger partial charge in [0.15, 0.2) is 0 Å². The lowest BCUT2D eigenvalue weighted by Crippen LogP contribution is -2.44. The van der Waals surface area contributed by atoms with Crippen molar-refractivity contribution in [1.29, 1.82) is 0 Å². The van der Waals surface area contributed by atoms with Gasteiger partial charge in [-0.3, -0.25) is 14.5 Å². The second kappa shape index (κ2) is 3.73. The van der Waals surface area contributed by atoms with E-state index in [2.05, 4.69) is 20.9 Å². The van der Waals surface area contributed by atoms with Crippen LogP contribution in [-0.4, -0.2) is 22.5 Å². The minimum absolute atomic E-state index is 0.200. The summed E-state index contributed by atoms with van der Waals surface area (Å²) in [5, 5.41) is 0. The number of allylic oxidation sites excluding steroid dienone is 2. The number of halogens is 1. The Kier molecular flexibility index (Phi) is 2.56. The third-order valence-corrected chi connectivity index (χ3v) is 2.83. The van der Waals surface area contributed by atoms with E-state index in [1.54, 1.807) is 25.3 Å². The van der Waals surface area contributed by atoms with Gasteiger partial charge in [0.05, 0.1) is 0 Å². The van der Waals surface area contributed by atoms with Crippen molar-refractivity contribution in [2.45, 2.75) is 13.3 Å². The molecule has 0 N–H and O–H groups in total. The number of nitrogens with zero attached hydrogens (tertiary/aromatic N) is 2. The maximum Gasteiger partial charge on any atom is 0.260 e. The number of carbonyl (C=O) groups excluding carboxylic acids is 2. The molecule has 2 aliphatic heterocycles. The van der Waals surface area contributed by atoms with E-state index >= 15 is 0 Å². The molecule has 0 radical (unpaired) electrons. The molecule has 4 nitrogen and oxygen atoms in total. The highest BCUT2D eigenvalue weighted by atomic mass is 79.9. The normalized spacial score (nSPS) is 24.9. The van der Waals surface area contributed by atoms with Crippen LogP contribution in [0.5, 0.6) is 0 Å². The van der Waals surface area contributed by atoms with Gasteiger partial charge in [0.1, 0.15) is 11.8 Å². The van der Waals surface area contributed by atoms with Crippen molar-refractivity contribution in [3.63, 3.8) is 0 Å². The maximum atomic E-state index is 11.9. The van der Waals surface area contributed by atoms with Gasteiger partial charge in [-0.05, 0) is 34.5 Å². The van der Waals surface area contributed by atoms with Crippen molar-refractivity contribution in [3.8, 4) is 0 Å². The summed E-state index contributed by atoms with van der Waals surface area (Å²) < 4.78 is 0.791. The fourth-order valence-corrected chi connectivity index (χ4v) is 1.89. The Morgan fingerprint density at radius 3 is 2.87 bits per heavy atom. The van der Waals surface area contributed by atoms with Gasteiger partial charge in [-0.1, -0.05) is 6.92 Å². The molecule has 0 fully saturated rings. The summed E-state index contributed by atoms with van der Waals surface area (Å²) in [6.45, 7) is 1.81. The minimum Gasteiger partial charge on any atom is -0.273 e. The van der Waals surface area contributed by atoms with E-state index in [1.165, 1.54) is 4.90 Å². The second-order valence-corrected chi connectivity index (χ2v) is 4.24. The van der Waals surface area contributed by atoms with Crippen molar-refractivity contribution in [1.82, 2.24) is 4.90 Å². The highest BCUT2D eigenvalue weighted by molar-refractivity contribution is 9.11. The van der Waals surface area contributed by atoms with Crippen molar-refractivity contribution >= 4 is 33.6 Å². The van der Waals surface area contributed by atoms with Crippen LogP contribution in [0.4, 0.5) is 0 Å². The molecule has 0 saturated carbocycles. The van der Waals surface area contributed by atoms with Crippen molar-refractivity contribution in [2.24, 2.45) is 10.9 Å². The summed E-state index contributed by atoms with van der Waals surface area (Å²) in [6.07, 6.45) is 5.52. The Hall–Kier alpha value is -1.23. The fraction of sp³-hybridized carbons (Fsp3) is 0.300. The van der Waals surface area contributed by atoms with Crippen molar-refractivity contribution < 1.29 is 9.59 Å². The second-order valence-electron chi connectivity index (χ2n) is 3.32. The molecule has 0 aliphatic carbocycles. The van der Waals surface area contributed by atoms with Gasteiger partial charge >= 0.3 is 0 Å². The van der Waals surface area contributed by atoms with E-state index in [4.69, 9.17) is 0 Å². The van der Waals surface area contributed by atoms with Crippen molar-refractivity contribution in [2.75, 3.05) is 0 Å². The number of amides is 2. The van der Waals surface area contributed by atoms with Gasteiger partial charge in [-0.25, -0.2) is 0 Å². The van der Waals surface area contributed by atoms with E-state index in [1.807, 2.05) is 0 Å². The number of hydrogen-bond donors (Lipinski definition) is 0. The summed E-state index contributed by atoms with van der Waals surface area (Å²) in [4.78, 5) is 28.6. The highest BCUT2D eigenvalue weighted by Gasteiger charge is 2.35. The van der Waals surface area contributed by atoms with Gasteiger partial charge < -0.3 is 0 Å². The average Bonchev–Trinajstić information content (AvgIpc) is 2.20. The van der Waals surface area contributed by atoms with Gasteiger partial charge in [-0.2, -0.15) is 4.99 Å². The Morgan fingerprint density at radius 2 is 2.20 bits per heavy atom. The molecule has 1 unspecified atom stereocenters. The molecular formula is C10H9BrN2O2. The van der Waals surface area contributed by atoms with Crippen molar-refractivity contribution in [3.05, 3.63) is 22.8 Å². The van der Waals surface area contributed by atoms with Crippen LogP contribution in [0.15, 0.2) is 27.8 Å². The van der Waals surface area contributed by atoms with Crippen LogP contribution in [0.3, 0.4) is 0 Å². The van der Waals surface area contributed by atoms with E-state index in [0.29, 0.717) is 12.3 Å². The first-order valence-corrected chi connectivity index (χ1v) is 5.43. The summed E-state index contributed by atoms with van der Waals surface area (Å²) in [7, 11) is 0. The Labute approximate surface area is 95.5 Å². The third-order valence-electron chi connectivity index (χ3n) is 2.36. The third kappa shape index (κ3) is 1.67. The van der Waals surface area contributed by atoms with E-state index in [9.17, 15) is 9.59 Å². The van der Waals surface area contributed by atoms with Crippen LogP contribution in [0.1, 0.15) is 13.3 Å². The lowest BCUT2D eigenvalue weighted by molar-refractivity contribution is -0.137. The zero-order chi connectivity index (χ0) is 11.0. The average molecular weight is 269 g/mol. The van der Waals surface area contributed by atoms with E-state index in [0.717, 1.165) is 4.48 Å². The molecule has 1 atom stereocenters. The molecule has 15 heavy (non-hydrogen) atoms. The molecule has 0 spiro atoms. The molecular weight excluding hydrogens is 260 g/mol. The van der Waals surface area contributed by atoms with Crippen LogP contribution in [0, 0.1) is 5.92 Å². The predicted molar refractivity (Wildman–Crippen MR) is 59.2 cm³/mol. The van der Waals surface area contributed by atoms with E-state index < -0.39 is 5.92 Å². The Bertz CT molecular complexity index is 423. The molecule has 2 amide bonds. The number of carbonyl (C=O) groups is 2. The van der Waals surface area contributed by atoms with Crippen LogP contribution in [0.25, 0.3) is 0 Å². The van der Waals surface area contributed by atoms with Crippen LogP contribution < -0.4 is 0 Å². The van der Waals surface area contributed by atoms with Gasteiger partial charge in [-0.15, -0.1) is 0 Å². The molecule has 0 bridgehead atoms. The van der Waals surface area contributed by atoms with Gasteiger partial charge in [0, 0.05) is 10.7 Å². The van der Waals surface area contributed by atoms with Gasteiger partial charge in [0.25, 0.3) is 5.91 Å². The first kappa shape index (κ1) is 10.3. The zero-order valence-corrected chi connectivity index (χ0v) is 9.69. The molecule has 2 aliphatic rings. The molecule has 5 heteroatoms. The molecule has 0 aromatic rings. The first-order chi connectivity index (χ1) is 7.13. The SMILES string of the molecule is CCC1C(=O)N=C2C=CC(Br)=CN2C1=O. The molecule has 0 aromatic heterocycles. The zero-order valence-electron chi connectivity index (χ0n) is 8.11. The fourth-order valence-electron chi connectivity index (χ4n) is 1.55. The maximum absolute atomic E-state index is 11.9. The van der Waals surface area contributed by atoms with Crippen LogP contribution in [-0.2, 0) is 9.59 Å². The van der Waals surface area contributed by atoms with Gasteiger partial charge in [0.2, 0.25) is 5.91 Å². The highest BCUT2D eigenvalue weighted by Crippen LogP contribution is 2.23. The first-order valence-electron chi connectivity index (χ1n) is 4.64. The predicted octanol–water partition coefficient (Wildman–Crippen LogP) is 1.59. The topological polar surface area (TPSA) is 49.7 Å². The Morgan fingerprint density at radius 1 is 1.47 bits per heavy atom. The smallest absolute Gasteiger partial charge is 0.260 e. The Balaban J connectivity index is 2.43. The molecule has 0 saturated heterocycles. The largest absolute Gasteiger partial charge is 0.273 e. The number of aliphatic imine (C=N–C) groups is 1. The summed E-state index contributed by atoms with van der Waals surface area (Å²) >= 11 is 3.28. The number of hydrogen-bond acceptors (Lipinski definition) is 2. The van der Waals surface area contributed by atoms with E-state index in [-0.39, 0.29) is 11.8 Å². The number of amidine groups is 1.